The van der Waals surface area contributed by atoms with E-state index in [1.54, 1.807) is 0 Å². The van der Waals surface area contributed by atoms with Crippen LogP contribution in [0, 0.1) is 5.92 Å². The maximum atomic E-state index is 13.3. The fourth-order valence-corrected chi connectivity index (χ4v) is 3.74. The zero-order chi connectivity index (χ0) is 19.4. The van der Waals surface area contributed by atoms with Crippen molar-refractivity contribution in [3.8, 4) is 5.69 Å². The van der Waals surface area contributed by atoms with Gasteiger partial charge in [0, 0.05) is 24.7 Å². The molecule has 0 saturated carbocycles. The largest absolute Gasteiger partial charge is 0.339 e. The lowest BCUT2D eigenvalue weighted by Gasteiger charge is -2.32. The lowest BCUT2D eigenvalue weighted by molar-refractivity contribution is 0.0684. The molecule has 1 saturated heterocycles. The van der Waals surface area contributed by atoms with E-state index in [2.05, 4.69) is 26.1 Å². The number of nitrogens with zero attached hydrogens (tertiary/aromatic N) is 3. The number of carbonyl (C=O) groups is 1. The molecule has 2 heterocycles. The van der Waals surface area contributed by atoms with Crippen molar-refractivity contribution in [3.05, 3.63) is 47.8 Å². The molecule has 5 nitrogen and oxygen atoms in total. The number of para-hydroxylation sites is 1. The third kappa shape index (κ3) is 4.59. The van der Waals surface area contributed by atoms with E-state index in [9.17, 15) is 4.79 Å². The average molecular weight is 369 g/mol. The molecule has 1 aliphatic rings. The van der Waals surface area contributed by atoms with Crippen molar-refractivity contribution in [2.24, 2.45) is 5.92 Å². The monoisotopic (exact) mass is 368 g/mol. The first-order valence-electron chi connectivity index (χ1n) is 9.99. The molecule has 1 aromatic heterocycles. The number of rotatable bonds is 5. The summed E-state index contributed by atoms with van der Waals surface area (Å²) in [5.41, 5.74) is 2.40. The smallest absolute Gasteiger partial charge is 0.257 e. The Labute approximate surface area is 162 Å². The lowest BCUT2D eigenvalue weighted by Crippen LogP contribution is -2.39. The van der Waals surface area contributed by atoms with Crippen LogP contribution in [0.3, 0.4) is 0 Å². The third-order valence-corrected chi connectivity index (χ3v) is 5.38. The van der Waals surface area contributed by atoms with E-state index in [4.69, 9.17) is 5.10 Å². The van der Waals surface area contributed by atoms with Gasteiger partial charge in [-0.2, -0.15) is 5.10 Å². The molecule has 0 atom stereocenters. The minimum atomic E-state index is -0.184. The van der Waals surface area contributed by atoms with Crippen LogP contribution in [0.5, 0.6) is 0 Å². The molecular weight excluding hydrogens is 336 g/mol. The molecule has 0 bridgehead atoms. The number of amides is 1. The number of hydrogen-bond donors (Lipinski definition) is 1. The summed E-state index contributed by atoms with van der Waals surface area (Å²) in [4.78, 5) is 15.3. The standard InChI is InChI=1S/C22H32N4O/c1-22(2,3)20-19(16-26(24-20)18-8-6-5-7-9-18)21(27)25-14-11-17(12-15-25)10-13-23-4/h5-9,16-17,23H,10-15H2,1-4H3. The van der Waals surface area contributed by atoms with Gasteiger partial charge in [-0.3, -0.25) is 4.79 Å². The summed E-state index contributed by atoms with van der Waals surface area (Å²) in [6, 6.07) is 10.0. The van der Waals surface area contributed by atoms with Crippen LogP contribution in [-0.2, 0) is 5.41 Å². The van der Waals surface area contributed by atoms with Crippen molar-refractivity contribution in [1.29, 1.82) is 0 Å². The highest BCUT2D eigenvalue weighted by molar-refractivity contribution is 5.95. The number of hydrogen-bond acceptors (Lipinski definition) is 3. The van der Waals surface area contributed by atoms with Crippen LogP contribution in [0.2, 0.25) is 0 Å². The van der Waals surface area contributed by atoms with E-state index in [-0.39, 0.29) is 11.3 Å². The van der Waals surface area contributed by atoms with Crippen LogP contribution in [0.1, 0.15) is 56.1 Å². The van der Waals surface area contributed by atoms with Crippen LogP contribution < -0.4 is 5.32 Å². The first kappa shape index (κ1) is 19.6. The van der Waals surface area contributed by atoms with Crippen LogP contribution in [0.25, 0.3) is 5.69 Å². The Hall–Kier alpha value is -2.14. The zero-order valence-corrected chi connectivity index (χ0v) is 17.0. The van der Waals surface area contributed by atoms with Gasteiger partial charge in [0.1, 0.15) is 0 Å². The number of nitrogens with one attached hydrogen (secondary N) is 1. The van der Waals surface area contributed by atoms with Crippen molar-refractivity contribution in [1.82, 2.24) is 20.0 Å². The molecule has 0 unspecified atom stereocenters. The summed E-state index contributed by atoms with van der Waals surface area (Å²) in [7, 11) is 2.00. The minimum Gasteiger partial charge on any atom is -0.339 e. The molecule has 1 aromatic carbocycles. The van der Waals surface area contributed by atoms with Gasteiger partial charge in [0.25, 0.3) is 5.91 Å². The van der Waals surface area contributed by atoms with E-state index in [0.29, 0.717) is 0 Å². The van der Waals surface area contributed by atoms with Crippen LogP contribution in [0.4, 0.5) is 0 Å². The van der Waals surface area contributed by atoms with Gasteiger partial charge in [0.15, 0.2) is 0 Å². The summed E-state index contributed by atoms with van der Waals surface area (Å²) in [5.74, 6) is 0.838. The topological polar surface area (TPSA) is 50.2 Å². The number of aromatic nitrogens is 2. The zero-order valence-electron chi connectivity index (χ0n) is 17.0. The highest BCUT2D eigenvalue weighted by Crippen LogP contribution is 2.28. The summed E-state index contributed by atoms with van der Waals surface area (Å²) < 4.78 is 1.84. The Morgan fingerprint density at radius 2 is 1.85 bits per heavy atom. The van der Waals surface area contributed by atoms with E-state index < -0.39 is 0 Å². The molecule has 3 rings (SSSR count). The summed E-state index contributed by atoms with van der Waals surface area (Å²) in [5, 5.41) is 8.01. The molecule has 27 heavy (non-hydrogen) atoms. The number of carbonyl (C=O) groups excluding carboxylic acids is 1. The SMILES string of the molecule is CNCCC1CCN(C(=O)c2cn(-c3ccccc3)nc2C(C)(C)C)CC1. The normalized spacial score (nSPS) is 15.9. The lowest BCUT2D eigenvalue weighted by atomic mass is 9.88. The second kappa shape index (κ2) is 8.26. The Kier molecular flexibility index (Phi) is 6.00. The van der Waals surface area contributed by atoms with Gasteiger partial charge in [-0.25, -0.2) is 4.68 Å². The van der Waals surface area contributed by atoms with Gasteiger partial charge in [-0.05, 0) is 50.9 Å². The van der Waals surface area contributed by atoms with Crippen molar-refractivity contribution in [3.63, 3.8) is 0 Å². The second-order valence-corrected chi connectivity index (χ2v) is 8.55. The Bertz CT molecular complexity index is 752. The molecule has 0 radical (unpaired) electrons. The van der Waals surface area contributed by atoms with Crippen LogP contribution in [0.15, 0.2) is 36.5 Å². The molecule has 1 aliphatic heterocycles. The molecule has 0 aliphatic carbocycles. The molecule has 0 spiro atoms. The fourth-order valence-electron chi connectivity index (χ4n) is 3.74. The number of piperidine rings is 1. The first-order valence-corrected chi connectivity index (χ1v) is 9.99. The predicted molar refractivity (Wildman–Crippen MR) is 109 cm³/mol. The van der Waals surface area contributed by atoms with Crippen LogP contribution >= 0.6 is 0 Å². The molecule has 5 heteroatoms. The summed E-state index contributed by atoms with van der Waals surface area (Å²) in [6.45, 7) is 9.08. The molecule has 1 fully saturated rings. The van der Waals surface area contributed by atoms with E-state index >= 15 is 0 Å². The van der Waals surface area contributed by atoms with Crippen molar-refractivity contribution in [2.45, 2.75) is 45.4 Å². The van der Waals surface area contributed by atoms with Gasteiger partial charge in [-0.15, -0.1) is 0 Å². The first-order chi connectivity index (χ1) is 12.9. The summed E-state index contributed by atoms with van der Waals surface area (Å²) >= 11 is 0. The molecule has 146 valence electrons. The Morgan fingerprint density at radius 3 is 2.44 bits per heavy atom. The second-order valence-electron chi connectivity index (χ2n) is 8.55. The third-order valence-electron chi connectivity index (χ3n) is 5.38. The molecule has 2 aromatic rings. The molecule has 1 amide bonds. The predicted octanol–water partition coefficient (Wildman–Crippen LogP) is 3.63. The Balaban J connectivity index is 1.81. The van der Waals surface area contributed by atoms with E-state index in [1.165, 1.54) is 6.42 Å². The van der Waals surface area contributed by atoms with Crippen molar-refractivity contribution < 1.29 is 4.79 Å². The van der Waals surface area contributed by atoms with Gasteiger partial charge in [-0.1, -0.05) is 39.0 Å². The van der Waals surface area contributed by atoms with Gasteiger partial charge in [0.05, 0.1) is 16.9 Å². The molecular formula is C22H32N4O. The highest BCUT2D eigenvalue weighted by atomic mass is 16.2. The number of benzene rings is 1. The van der Waals surface area contributed by atoms with Crippen molar-refractivity contribution in [2.75, 3.05) is 26.7 Å². The average Bonchev–Trinajstić information content (AvgIpc) is 3.13. The Morgan fingerprint density at radius 1 is 1.19 bits per heavy atom. The molecule has 1 N–H and O–H groups in total. The van der Waals surface area contributed by atoms with Crippen molar-refractivity contribution >= 4 is 5.91 Å². The minimum absolute atomic E-state index is 0.120. The summed E-state index contributed by atoms with van der Waals surface area (Å²) in [6.07, 6.45) is 5.28. The van der Waals surface area contributed by atoms with E-state index in [1.807, 2.05) is 53.2 Å². The quantitative estimate of drug-likeness (QED) is 0.877. The number of likely N-dealkylation sites (tertiary alicyclic amines) is 1. The van der Waals surface area contributed by atoms with Gasteiger partial charge in [0.2, 0.25) is 0 Å². The van der Waals surface area contributed by atoms with Gasteiger partial charge < -0.3 is 10.2 Å². The van der Waals surface area contributed by atoms with E-state index in [0.717, 1.165) is 55.3 Å². The highest BCUT2D eigenvalue weighted by Gasteiger charge is 2.30. The fraction of sp³-hybridized carbons (Fsp3) is 0.545. The van der Waals surface area contributed by atoms with Crippen LogP contribution in [-0.4, -0.2) is 47.3 Å². The van der Waals surface area contributed by atoms with Gasteiger partial charge >= 0.3 is 0 Å². The maximum absolute atomic E-state index is 13.3. The maximum Gasteiger partial charge on any atom is 0.257 e.